The molecule has 1 aromatic carbocycles. The van der Waals surface area contributed by atoms with Gasteiger partial charge in [-0.1, -0.05) is 13.0 Å². The molecule has 0 amide bonds. The number of hydrogen-bond donors (Lipinski definition) is 1. The first-order chi connectivity index (χ1) is 7.08. The van der Waals surface area contributed by atoms with Crippen molar-refractivity contribution in [3.63, 3.8) is 0 Å². The minimum Gasteiger partial charge on any atom is -0.496 e. The fourth-order valence-corrected chi connectivity index (χ4v) is 1.83. The average molecular weight is 207 g/mol. The highest BCUT2D eigenvalue weighted by Crippen LogP contribution is 2.26. The zero-order valence-electron chi connectivity index (χ0n) is 10.1. The molecule has 0 aliphatic heterocycles. The topological polar surface area (TPSA) is 35.2 Å². The SMILES string of the molecule is COc1cc(C)cc(C)c1CC(C)CN. The molecule has 0 spiro atoms. The van der Waals surface area contributed by atoms with Crippen molar-refractivity contribution in [2.75, 3.05) is 13.7 Å². The Morgan fingerprint density at radius 2 is 2.00 bits per heavy atom. The standard InChI is InChI=1S/C13H21NO/c1-9-5-11(3)12(6-10(2)8-14)13(7-9)15-4/h5,7,10H,6,8,14H2,1-4H3. The molecule has 84 valence electrons. The number of methoxy groups -OCH3 is 1. The van der Waals surface area contributed by atoms with Gasteiger partial charge in [0.2, 0.25) is 0 Å². The monoisotopic (exact) mass is 207 g/mol. The Labute approximate surface area is 92.4 Å². The first-order valence-electron chi connectivity index (χ1n) is 5.42. The molecule has 0 fully saturated rings. The lowest BCUT2D eigenvalue weighted by molar-refractivity contribution is 0.405. The molecule has 0 radical (unpaired) electrons. The summed E-state index contributed by atoms with van der Waals surface area (Å²) in [4.78, 5) is 0. The van der Waals surface area contributed by atoms with Crippen molar-refractivity contribution in [1.29, 1.82) is 0 Å². The maximum absolute atomic E-state index is 5.65. The van der Waals surface area contributed by atoms with Gasteiger partial charge in [0.15, 0.2) is 0 Å². The second-order valence-electron chi connectivity index (χ2n) is 4.31. The molecule has 2 nitrogen and oxygen atoms in total. The van der Waals surface area contributed by atoms with Crippen LogP contribution in [0.5, 0.6) is 5.75 Å². The quantitative estimate of drug-likeness (QED) is 0.823. The van der Waals surface area contributed by atoms with Crippen molar-refractivity contribution >= 4 is 0 Å². The zero-order chi connectivity index (χ0) is 11.4. The maximum Gasteiger partial charge on any atom is 0.122 e. The molecule has 0 aliphatic rings. The van der Waals surface area contributed by atoms with E-state index in [2.05, 4.69) is 32.9 Å². The van der Waals surface area contributed by atoms with Crippen LogP contribution in [0.3, 0.4) is 0 Å². The molecule has 0 saturated carbocycles. The lowest BCUT2D eigenvalue weighted by atomic mass is 9.95. The highest BCUT2D eigenvalue weighted by Gasteiger charge is 2.10. The van der Waals surface area contributed by atoms with Crippen molar-refractivity contribution < 1.29 is 4.74 Å². The van der Waals surface area contributed by atoms with Gasteiger partial charge in [-0.05, 0) is 55.5 Å². The smallest absolute Gasteiger partial charge is 0.122 e. The van der Waals surface area contributed by atoms with Crippen LogP contribution >= 0.6 is 0 Å². The third-order valence-corrected chi connectivity index (χ3v) is 2.75. The van der Waals surface area contributed by atoms with Crippen LogP contribution in [0.15, 0.2) is 12.1 Å². The van der Waals surface area contributed by atoms with Gasteiger partial charge in [-0.2, -0.15) is 0 Å². The van der Waals surface area contributed by atoms with Crippen LogP contribution in [0, 0.1) is 19.8 Å². The second-order valence-corrected chi connectivity index (χ2v) is 4.31. The summed E-state index contributed by atoms with van der Waals surface area (Å²) in [7, 11) is 1.73. The molecule has 0 aliphatic carbocycles. The van der Waals surface area contributed by atoms with E-state index in [9.17, 15) is 0 Å². The van der Waals surface area contributed by atoms with Gasteiger partial charge in [0, 0.05) is 0 Å². The highest BCUT2D eigenvalue weighted by molar-refractivity contribution is 5.43. The number of aryl methyl sites for hydroxylation is 2. The average Bonchev–Trinajstić information content (AvgIpc) is 2.21. The lowest BCUT2D eigenvalue weighted by Crippen LogP contribution is -2.14. The summed E-state index contributed by atoms with van der Waals surface area (Å²) in [5, 5.41) is 0. The van der Waals surface area contributed by atoms with Gasteiger partial charge in [-0.3, -0.25) is 0 Å². The number of rotatable bonds is 4. The summed E-state index contributed by atoms with van der Waals surface area (Å²) >= 11 is 0. The van der Waals surface area contributed by atoms with Crippen molar-refractivity contribution in [2.24, 2.45) is 11.7 Å². The van der Waals surface area contributed by atoms with Crippen LogP contribution in [-0.2, 0) is 6.42 Å². The van der Waals surface area contributed by atoms with E-state index in [1.54, 1.807) is 7.11 Å². The van der Waals surface area contributed by atoms with Crippen LogP contribution in [0.4, 0.5) is 0 Å². The predicted octanol–water partition coefficient (Wildman–Crippen LogP) is 2.45. The number of ether oxygens (including phenoxy) is 1. The van der Waals surface area contributed by atoms with Gasteiger partial charge in [0.25, 0.3) is 0 Å². The maximum atomic E-state index is 5.65. The Bertz CT molecular complexity index is 334. The van der Waals surface area contributed by atoms with Crippen LogP contribution in [0.2, 0.25) is 0 Å². The van der Waals surface area contributed by atoms with Gasteiger partial charge in [-0.15, -0.1) is 0 Å². The molecule has 1 atom stereocenters. The molecule has 2 heteroatoms. The van der Waals surface area contributed by atoms with E-state index in [1.807, 2.05) is 0 Å². The van der Waals surface area contributed by atoms with Crippen molar-refractivity contribution in [1.82, 2.24) is 0 Å². The fourth-order valence-electron chi connectivity index (χ4n) is 1.83. The molecule has 1 rings (SSSR count). The predicted molar refractivity (Wildman–Crippen MR) is 64.4 cm³/mol. The minimum absolute atomic E-state index is 0.500. The summed E-state index contributed by atoms with van der Waals surface area (Å²) in [5.74, 6) is 1.49. The molecule has 0 bridgehead atoms. The summed E-state index contributed by atoms with van der Waals surface area (Å²) in [6, 6.07) is 4.28. The zero-order valence-corrected chi connectivity index (χ0v) is 10.1. The van der Waals surface area contributed by atoms with Crippen molar-refractivity contribution in [3.8, 4) is 5.75 Å². The van der Waals surface area contributed by atoms with E-state index in [4.69, 9.17) is 10.5 Å². The molecule has 0 aromatic heterocycles. The third kappa shape index (κ3) is 2.96. The Hall–Kier alpha value is -1.02. The Morgan fingerprint density at radius 3 is 2.53 bits per heavy atom. The first-order valence-corrected chi connectivity index (χ1v) is 5.42. The van der Waals surface area contributed by atoms with Crippen molar-refractivity contribution in [3.05, 3.63) is 28.8 Å². The van der Waals surface area contributed by atoms with E-state index in [1.165, 1.54) is 16.7 Å². The molecule has 1 unspecified atom stereocenters. The summed E-state index contributed by atoms with van der Waals surface area (Å²) in [6.07, 6.45) is 0.992. The summed E-state index contributed by atoms with van der Waals surface area (Å²) < 4.78 is 5.41. The second kappa shape index (κ2) is 5.17. The van der Waals surface area contributed by atoms with E-state index in [0.717, 1.165) is 18.7 Å². The number of nitrogens with two attached hydrogens (primary N) is 1. The van der Waals surface area contributed by atoms with Gasteiger partial charge < -0.3 is 10.5 Å². The Kier molecular flexibility index (Phi) is 4.15. The largest absolute Gasteiger partial charge is 0.496 e. The number of benzene rings is 1. The van der Waals surface area contributed by atoms with E-state index >= 15 is 0 Å². The van der Waals surface area contributed by atoms with Gasteiger partial charge >= 0.3 is 0 Å². The number of hydrogen-bond acceptors (Lipinski definition) is 2. The van der Waals surface area contributed by atoms with E-state index in [0.29, 0.717) is 5.92 Å². The molecule has 2 N–H and O–H groups in total. The molecule has 0 heterocycles. The van der Waals surface area contributed by atoms with Gasteiger partial charge in [0.05, 0.1) is 7.11 Å². The molecule has 1 aromatic rings. The van der Waals surface area contributed by atoms with Gasteiger partial charge in [0.1, 0.15) is 5.75 Å². The van der Waals surface area contributed by atoms with Crippen LogP contribution in [0.25, 0.3) is 0 Å². The first kappa shape index (κ1) is 12.1. The Balaban J connectivity index is 3.04. The Morgan fingerprint density at radius 1 is 1.33 bits per heavy atom. The minimum atomic E-state index is 0.500. The normalized spacial score (nSPS) is 12.6. The molecule has 15 heavy (non-hydrogen) atoms. The van der Waals surface area contributed by atoms with E-state index in [-0.39, 0.29) is 0 Å². The highest BCUT2D eigenvalue weighted by atomic mass is 16.5. The summed E-state index contributed by atoms with van der Waals surface area (Å²) in [6.45, 7) is 7.11. The molecule has 0 saturated heterocycles. The van der Waals surface area contributed by atoms with Crippen LogP contribution in [0.1, 0.15) is 23.6 Å². The third-order valence-electron chi connectivity index (χ3n) is 2.75. The summed E-state index contributed by atoms with van der Waals surface area (Å²) in [5.41, 5.74) is 9.49. The molecular weight excluding hydrogens is 186 g/mol. The van der Waals surface area contributed by atoms with Crippen molar-refractivity contribution in [2.45, 2.75) is 27.2 Å². The van der Waals surface area contributed by atoms with Gasteiger partial charge in [-0.25, -0.2) is 0 Å². The van der Waals surface area contributed by atoms with Crippen LogP contribution in [-0.4, -0.2) is 13.7 Å². The fraction of sp³-hybridized carbons (Fsp3) is 0.538. The van der Waals surface area contributed by atoms with Crippen LogP contribution < -0.4 is 10.5 Å². The van der Waals surface area contributed by atoms with E-state index < -0.39 is 0 Å². The lowest BCUT2D eigenvalue weighted by Gasteiger charge is -2.16. The molecular formula is C13H21NO.